The molecular formula is C20H32BrN3O3Si. The van der Waals surface area contributed by atoms with E-state index >= 15 is 0 Å². The molecule has 4 aliphatic carbocycles. The van der Waals surface area contributed by atoms with E-state index in [1.807, 2.05) is 4.68 Å². The van der Waals surface area contributed by atoms with E-state index in [1.165, 1.54) is 5.69 Å². The quantitative estimate of drug-likeness (QED) is 0.435. The molecule has 0 unspecified atom stereocenters. The molecule has 2 bridgehead atoms. The van der Waals surface area contributed by atoms with Crippen LogP contribution in [0, 0.1) is 5.92 Å². The first kappa shape index (κ1) is 20.4. The molecule has 1 N–H and O–H groups in total. The standard InChI is InChI=1S/C20H32BrN3O3Si/c1-28(2,3)7-6-26-13-24-17(9-18(21)23-24)15-4-5-16(8-15)27-19(25)22-20-10-14(11-20)12-20/h9,14-16H,4-8,10-13H2,1-3H3,(H,22,25)/t14?,15-,16+,20?/m0/s1. The lowest BCUT2D eigenvalue weighted by Crippen LogP contribution is -2.68. The second-order valence-electron chi connectivity index (χ2n) is 10.2. The van der Waals surface area contributed by atoms with Crippen LogP contribution in [-0.2, 0) is 16.2 Å². The van der Waals surface area contributed by atoms with Gasteiger partial charge in [0.05, 0.1) is 0 Å². The third-order valence-electron chi connectivity index (χ3n) is 6.47. The molecule has 0 spiro atoms. The van der Waals surface area contributed by atoms with Crippen molar-refractivity contribution < 1.29 is 14.3 Å². The average Bonchev–Trinajstić information content (AvgIpc) is 3.12. The van der Waals surface area contributed by atoms with Crippen LogP contribution in [-0.4, -0.2) is 42.2 Å². The summed E-state index contributed by atoms with van der Waals surface area (Å²) in [5.74, 6) is 1.20. The number of hydrogen-bond acceptors (Lipinski definition) is 4. The third kappa shape index (κ3) is 4.65. The fourth-order valence-electron chi connectivity index (χ4n) is 4.70. The van der Waals surface area contributed by atoms with Gasteiger partial charge in [0.2, 0.25) is 0 Å². The zero-order valence-corrected chi connectivity index (χ0v) is 19.8. The Morgan fingerprint density at radius 2 is 2.11 bits per heavy atom. The molecule has 4 fully saturated rings. The molecule has 0 aliphatic heterocycles. The van der Waals surface area contributed by atoms with Gasteiger partial charge >= 0.3 is 6.09 Å². The van der Waals surface area contributed by atoms with Crippen LogP contribution in [0.1, 0.15) is 50.1 Å². The summed E-state index contributed by atoms with van der Waals surface area (Å²) in [5.41, 5.74) is 1.25. The molecule has 1 amide bonds. The van der Waals surface area contributed by atoms with Gasteiger partial charge in [-0.2, -0.15) is 5.10 Å². The Labute approximate surface area is 176 Å². The number of carbonyl (C=O) groups is 1. The normalized spacial score (nSPS) is 31.2. The van der Waals surface area contributed by atoms with Gasteiger partial charge in [0, 0.05) is 31.8 Å². The summed E-state index contributed by atoms with van der Waals surface area (Å²) in [6, 6.07) is 3.23. The number of rotatable bonds is 8. The van der Waals surface area contributed by atoms with E-state index in [9.17, 15) is 4.79 Å². The number of nitrogens with one attached hydrogen (secondary N) is 1. The number of nitrogens with zero attached hydrogens (tertiary/aromatic N) is 2. The number of amides is 1. The number of halogens is 1. The molecule has 8 heteroatoms. The van der Waals surface area contributed by atoms with Crippen molar-refractivity contribution in [3.63, 3.8) is 0 Å². The van der Waals surface area contributed by atoms with Crippen LogP contribution < -0.4 is 5.32 Å². The summed E-state index contributed by atoms with van der Waals surface area (Å²) < 4.78 is 14.4. The van der Waals surface area contributed by atoms with Crippen LogP contribution in [0.4, 0.5) is 4.79 Å². The smallest absolute Gasteiger partial charge is 0.407 e. The van der Waals surface area contributed by atoms with Crippen molar-refractivity contribution in [2.24, 2.45) is 5.92 Å². The number of carbonyl (C=O) groups excluding carboxylic acids is 1. The summed E-state index contributed by atoms with van der Waals surface area (Å²) in [6.07, 6.45) is 5.96. The molecule has 0 radical (unpaired) electrons. The first-order valence-electron chi connectivity index (χ1n) is 10.5. The second kappa shape index (κ2) is 7.76. The zero-order chi connectivity index (χ0) is 19.9. The molecule has 1 aromatic heterocycles. The van der Waals surface area contributed by atoms with Crippen molar-refractivity contribution in [1.29, 1.82) is 0 Å². The van der Waals surface area contributed by atoms with Crippen molar-refractivity contribution in [3.8, 4) is 0 Å². The van der Waals surface area contributed by atoms with E-state index in [1.54, 1.807) is 0 Å². The van der Waals surface area contributed by atoms with Crippen LogP contribution in [0.2, 0.25) is 25.7 Å². The number of alkyl carbamates (subject to hydrolysis) is 1. The maximum atomic E-state index is 12.2. The molecule has 4 saturated carbocycles. The first-order chi connectivity index (χ1) is 13.2. The average molecular weight is 470 g/mol. The van der Waals surface area contributed by atoms with Gasteiger partial charge in [0.25, 0.3) is 0 Å². The van der Waals surface area contributed by atoms with E-state index in [2.05, 4.69) is 52.1 Å². The molecule has 0 saturated heterocycles. The Hall–Kier alpha value is -0.863. The Kier molecular flexibility index (Phi) is 5.66. The van der Waals surface area contributed by atoms with Crippen LogP contribution >= 0.6 is 15.9 Å². The highest BCUT2D eigenvalue weighted by Crippen LogP contribution is 2.57. The number of hydrogen-bond donors (Lipinski definition) is 1. The Bertz CT molecular complexity index is 716. The molecule has 6 nitrogen and oxygen atoms in total. The molecule has 5 rings (SSSR count). The van der Waals surface area contributed by atoms with Crippen molar-refractivity contribution in [3.05, 3.63) is 16.4 Å². The van der Waals surface area contributed by atoms with Crippen LogP contribution in [0.15, 0.2) is 10.7 Å². The van der Waals surface area contributed by atoms with Gasteiger partial charge in [-0.05, 0) is 72.5 Å². The molecular weight excluding hydrogens is 438 g/mol. The Morgan fingerprint density at radius 3 is 2.75 bits per heavy atom. The topological polar surface area (TPSA) is 65.4 Å². The predicted octanol–water partition coefficient (Wildman–Crippen LogP) is 4.87. The van der Waals surface area contributed by atoms with Crippen molar-refractivity contribution in [2.75, 3.05) is 6.61 Å². The van der Waals surface area contributed by atoms with E-state index in [0.717, 1.165) is 61.7 Å². The Morgan fingerprint density at radius 1 is 1.36 bits per heavy atom. The lowest BCUT2D eigenvalue weighted by atomic mass is 9.50. The van der Waals surface area contributed by atoms with Crippen LogP contribution in [0.25, 0.3) is 0 Å². The van der Waals surface area contributed by atoms with Gasteiger partial charge in [0.1, 0.15) is 17.4 Å². The largest absolute Gasteiger partial charge is 0.446 e. The minimum atomic E-state index is -1.09. The van der Waals surface area contributed by atoms with Crippen molar-refractivity contribution in [2.45, 2.75) is 88.5 Å². The number of aromatic nitrogens is 2. The van der Waals surface area contributed by atoms with E-state index in [-0.39, 0.29) is 17.7 Å². The van der Waals surface area contributed by atoms with E-state index in [0.29, 0.717) is 12.6 Å². The molecule has 2 atom stereocenters. The highest BCUT2D eigenvalue weighted by molar-refractivity contribution is 9.10. The fourth-order valence-corrected chi connectivity index (χ4v) is 5.89. The molecule has 1 heterocycles. The SMILES string of the molecule is C[Si](C)(C)CCOCn1nc(Br)cc1[C@H]1CC[C@@H](OC(=O)NC23CC(C2)C3)C1. The summed E-state index contributed by atoms with van der Waals surface area (Å²) in [5, 5.41) is 7.65. The van der Waals surface area contributed by atoms with Crippen LogP contribution in [0.3, 0.4) is 0 Å². The minimum absolute atomic E-state index is 0.00714. The summed E-state index contributed by atoms with van der Waals surface area (Å²) in [4.78, 5) is 12.2. The van der Waals surface area contributed by atoms with E-state index in [4.69, 9.17) is 9.47 Å². The predicted molar refractivity (Wildman–Crippen MR) is 114 cm³/mol. The minimum Gasteiger partial charge on any atom is -0.446 e. The molecule has 156 valence electrons. The summed E-state index contributed by atoms with van der Waals surface area (Å²) in [7, 11) is -1.09. The fraction of sp³-hybridized carbons (Fsp3) is 0.800. The second-order valence-corrected chi connectivity index (χ2v) is 16.6. The molecule has 1 aromatic rings. The zero-order valence-electron chi connectivity index (χ0n) is 17.2. The van der Waals surface area contributed by atoms with Gasteiger partial charge in [-0.1, -0.05) is 19.6 Å². The Balaban J connectivity index is 1.26. The summed E-state index contributed by atoms with van der Waals surface area (Å²) >= 11 is 3.50. The molecule has 4 aliphatic rings. The lowest BCUT2D eigenvalue weighted by Gasteiger charge is -2.61. The highest BCUT2D eigenvalue weighted by Gasteiger charge is 2.57. The van der Waals surface area contributed by atoms with Gasteiger partial charge in [-0.25, -0.2) is 9.48 Å². The maximum absolute atomic E-state index is 12.2. The monoisotopic (exact) mass is 469 g/mol. The van der Waals surface area contributed by atoms with Gasteiger partial charge in [0.15, 0.2) is 0 Å². The number of ether oxygens (including phenoxy) is 2. The first-order valence-corrected chi connectivity index (χ1v) is 15.0. The summed E-state index contributed by atoms with van der Waals surface area (Å²) in [6.45, 7) is 8.34. The van der Waals surface area contributed by atoms with Gasteiger partial charge < -0.3 is 14.8 Å². The molecule has 0 aromatic carbocycles. The van der Waals surface area contributed by atoms with E-state index < -0.39 is 8.07 Å². The van der Waals surface area contributed by atoms with Crippen LogP contribution in [0.5, 0.6) is 0 Å². The lowest BCUT2D eigenvalue weighted by molar-refractivity contribution is -0.0506. The maximum Gasteiger partial charge on any atom is 0.407 e. The third-order valence-corrected chi connectivity index (χ3v) is 8.56. The molecule has 28 heavy (non-hydrogen) atoms. The van der Waals surface area contributed by atoms with Gasteiger partial charge in [-0.15, -0.1) is 0 Å². The van der Waals surface area contributed by atoms with Crippen molar-refractivity contribution >= 4 is 30.1 Å². The van der Waals surface area contributed by atoms with Crippen molar-refractivity contribution in [1.82, 2.24) is 15.1 Å². The van der Waals surface area contributed by atoms with Gasteiger partial charge in [-0.3, -0.25) is 0 Å². The highest BCUT2D eigenvalue weighted by atomic mass is 79.9.